The maximum atomic E-state index is 15.9. The third-order valence-corrected chi connectivity index (χ3v) is 6.78. The second kappa shape index (κ2) is 11.5. The first-order chi connectivity index (χ1) is 18.2. The van der Waals surface area contributed by atoms with Gasteiger partial charge in [-0.2, -0.15) is 4.39 Å². The number of hydrogen-bond donors (Lipinski definition) is 3. The minimum atomic E-state index is -0.561. The zero-order chi connectivity index (χ0) is 27.4. The number of halogens is 2. The number of nitrogens with zero attached hydrogens (tertiary/aromatic N) is 3. The fourth-order valence-corrected chi connectivity index (χ4v) is 4.85. The van der Waals surface area contributed by atoms with Gasteiger partial charge in [-0.1, -0.05) is 33.1 Å². The molecule has 0 aliphatic heterocycles. The second-order valence-electron chi connectivity index (χ2n) is 9.33. The molecule has 196 valence electrons. The Morgan fingerprint density at radius 1 is 1.24 bits per heavy atom. The average molecular weight is 533 g/mol. The number of rotatable bonds is 10. The van der Waals surface area contributed by atoms with Gasteiger partial charge in [0.2, 0.25) is 0 Å². The number of H-pyrrole nitrogens is 1. The summed E-state index contributed by atoms with van der Waals surface area (Å²) in [5.74, 6) is 0.358. The summed E-state index contributed by atoms with van der Waals surface area (Å²) >= 11 is 1.03. The van der Waals surface area contributed by atoms with Gasteiger partial charge in [-0.05, 0) is 43.5 Å². The van der Waals surface area contributed by atoms with Crippen molar-refractivity contribution in [2.75, 3.05) is 5.32 Å². The minimum absolute atomic E-state index is 0.0756. The maximum Gasteiger partial charge on any atom is 0.178 e. The number of hydrogen-bond acceptors (Lipinski definition) is 6. The summed E-state index contributed by atoms with van der Waals surface area (Å²) in [6, 6.07) is 6.69. The molecule has 0 fully saturated rings. The highest BCUT2D eigenvalue weighted by Gasteiger charge is 2.19. The van der Waals surface area contributed by atoms with Gasteiger partial charge < -0.3 is 16.0 Å². The number of allylic oxidation sites excluding steroid dienone is 5. The lowest BCUT2D eigenvalue weighted by Gasteiger charge is -2.14. The zero-order valence-corrected chi connectivity index (χ0v) is 22.4. The Morgan fingerprint density at radius 3 is 2.71 bits per heavy atom. The SMILES string of the molecule is C=C(CC(C)C)Nc1cncc(C(=C)/C(F)=C(Cc2nc3nccc(-c4ccc(F)s4)c3[nH]2)\C(N)=C/C)c1. The Balaban J connectivity index is 1.66. The maximum absolute atomic E-state index is 15.9. The number of nitrogens with two attached hydrogens (primary N) is 1. The first kappa shape index (κ1) is 26.9. The van der Waals surface area contributed by atoms with E-state index in [2.05, 4.69) is 52.3 Å². The molecule has 0 amide bonds. The van der Waals surface area contributed by atoms with Crippen LogP contribution in [0.1, 0.15) is 38.6 Å². The highest BCUT2D eigenvalue weighted by Crippen LogP contribution is 2.33. The summed E-state index contributed by atoms with van der Waals surface area (Å²) in [5.41, 5.74) is 10.8. The van der Waals surface area contributed by atoms with Gasteiger partial charge in [0.1, 0.15) is 11.7 Å². The number of aromatic amines is 1. The smallest absolute Gasteiger partial charge is 0.178 e. The van der Waals surface area contributed by atoms with Gasteiger partial charge >= 0.3 is 0 Å². The van der Waals surface area contributed by atoms with E-state index in [0.717, 1.165) is 33.9 Å². The van der Waals surface area contributed by atoms with Crippen molar-refractivity contribution in [3.63, 3.8) is 0 Å². The van der Waals surface area contributed by atoms with E-state index >= 15 is 4.39 Å². The van der Waals surface area contributed by atoms with Crippen LogP contribution in [-0.4, -0.2) is 19.9 Å². The summed E-state index contributed by atoms with van der Waals surface area (Å²) in [7, 11) is 0. The number of nitrogens with one attached hydrogen (secondary N) is 2. The van der Waals surface area contributed by atoms with Gasteiger partial charge in [0, 0.05) is 57.4 Å². The van der Waals surface area contributed by atoms with Crippen LogP contribution in [0.2, 0.25) is 0 Å². The lowest BCUT2D eigenvalue weighted by atomic mass is 10.00. The van der Waals surface area contributed by atoms with Crippen molar-refractivity contribution >= 4 is 33.8 Å². The molecule has 0 aromatic carbocycles. The minimum Gasteiger partial charge on any atom is -0.399 e. The first-order valence-corrected chi connectivity index (χ1v) is 13.0. The van der Waals surface area contributed by atoms with Gasteiger partial charge in [0.25, 0.3) is 0 Å². The number of fused-ring (bicyclic) bond motifs is 1. The molecule has 0 aliphatic carbocycles. The van der Waals surface area contributed by atoms with Crippen LogP contribution in [0.5, 0.6) is 0 Å². The number of anilines is 1. The van der Waals surface area contributed by atoms with E-state index in [9.17, 15) is 4.39 Å². The van der Waals surface area contributed by atoms with E-state index in [0.29, 0.717) is 34.2 Å². The third kappa shape index (κ3) is 6.06. The van der Waals surface area contributed by atoms with Crippen LogP contribution >= 0.6 is 11.3 Å². The van der Waals surface area contributed by atoms with E-state index in [4.69, 9.17) is 5.73 Å². The molecule has 4 N–H and O–H groups in total. The van der Waals surface area contributed by atoms with Crippen LogP contribution in [0.25, 0.3) is 27.2 Å². The molecular weight excluding hydrogens is 502 g/mol. The van der Waals surface area contributed by atoms with Gasteiger partial charge in [-0.3, -0.25) is 4.98 Å². The molecule has 4 heterocycles. The van der Waals surface area contributed by atoms with Gasteiger partial charge in [0.05, 0.1) is 17.4 Å². The molecular formula is C29H30F2N6S. The highest BCUT2D eigenvalue weighted by molar-refractivity contribution is 7.14. The largest absolute Gasteiger partial charge is 0.399 e. The Hall–Kier alpha value is -4.11. The molecule has 6 nitrogen and oxygen atoms in total. The van der Waals surface area contributed by atoms with Crippen LogP contribution in [0.15, 0.2) is 84.9 Å². The Bertz CT molecular complexity index is 1560. The van der Waals surface area contributed by atoms with Gasteiger partial charge in [-0.25, -0.2) is 14.4 Å². The van der Waals surface area contributed by atoms with Crippen molar-refractivity contribution in [3.05, 3.63) is 101 Å². The van der Waals surface area contributed by atoms with Crippen molar-refractivity contribution in [1.82, 2.24) is 19.9 Å². The second-order valence-corrected chi connectivity index (χ2v) is 10.4. The first-order valence-electron chi connectivity index (χ1n) is 12.2. The van der Waals surface area contributed by atoms with Gasteiger partial charge in [0.15, 0.2) is 10.8 Å². The topological polar surface area (TPSA) is 92.5 Å². The molecule has 0 saturated carbocycles. The molecule has 4 aromatic rings. The molecule has 0 saturated heterocycles. The average Bonchev–Trinajstić information content (AvgIpc) is 3.51. The predicted molar refractivity (Wildman–Crippen MR) is 152 cm³/mol. The lowest BCUT2D eigenvalue weighted by molar-refractivity contribution is 0.645. The molecule has 0 unspecified atom stereocenters. The van der Waals surface area contributed by atoms with Crippen LogP contribution in [-0.2, 0) is 6.42 Å². The summed E-state index contributed by atoms with van der Waals surface area (Å²) in [5, 5.41) is 2.95. The number of thiophene rings is 1. The van der Waals surface area contributed by atoms with Crippen molar-refractivity contribution in [2.45, 2.75) is 33.6 Å². The molecule has 0 spiro atoms. The Morgan fingerprint density at radius 2 is 2.03 bits per heavy atom. The third-order valence-electron chi connectivity index (χ3n) is 5.88. The van der Waals surface area contributed by atoms with E-state index in [1.807, 2.05) is 0 Å². The molecule has 0 radical (unpaired) electrons. The molecule has 0 bridgehead atoms. The number of pyridine rings is 2. The van der Waals surface area contributed by atoms with Crippen LogP contribution in [0, 0.1) is 11.0 Å². The van der Waals surface area contributed by atoms with Crippen LogP contribution < -0.4 is 11.1 Å². The van der Waals surface area contributed by atoms with E-state index in [1.165, 1.54) is 6.07 Å². The molecule has 0 atom stereocenters. The fraction of sp³-hybridized carbons (Fsp3) is 0.207. The predicted octanol–water partition coefficient (Wildman–Crippen LogP) is 7.53. The summed E-state index contributed by atoms with van der Waals surface area (Å²) in [6.45, 7) is 14.0. The Labute approximate surface area is 224 Å². The van der Waals surface area contributed by atoms with E-state index < -0.39 is 5.83 Å². The monoisotopic (exact) mass is 532 g/mol. The molecule has 0 aliphatic rings. The van der Waals surface area contributed by atoms with Gasteiger partial charge in [-0.15, -0.1) is 11.3 Å². The summed E-state index contributed by atoms with van der Waals surface area (Å²) in [4.78, 5) is 17.1. The van der Waals surface area contributed by atoms with Crippen molar-refractivity contribution in [1.29, 1.82) is 0 Å². The van der Waals surface area contributed by atoms with Crippen molar-refractivity contribution in [3.8, 4) is 10.4 Å². The van der Waals surface area contributed by atoms with E-state index in [-0.39, 0.29) is 28.4 Å². The number of aromatic nitrogens is 4. The van der Waals surface area contributed by atoms with Crippen molar-refractivity contribution in [2.24, 2.45) is 11.7 Å². The van der Waals surface area contributed by atoms with Crippen LogP contribution in [0.3, 0.4) is 0 Å². The Kier molecular flexibility index (Phi) is 8.16. The zero-order valence-electron chi connectivity index (χ0n) is 21.6. The molecule has 4 rings (SSSR count). The normalized spacial score (nSPS) is 12.6. The fourth-order valence-electron chi connectivity index (χ4n) is 4.09. The summed E-state index contributed by atoms with van der Waals surface area (Å²) < 4.78 is 29.6. The number of imidazole rings is 1. The molecule has 4 aromatic heterocycles. The van der Waals surface area contributed by atoms with Crippen LogP contribution in [0.4, 0.5) is 14.5 Å². The lowest BCUT2D eigenvalue weighted by Crippen LogP contribution is -2.08. The molecule has 38 heavy (non-hydrogen) atoms. The van der Waals surface area contributed by atoms with Crippen molar-refractivity contribution < 1.29 is 8.78 Å². The molecule has 9 heteroatoms. The highest BCUT2D eigenvalue weighted by atomic mass is 32.1. The standard InChI is InChI=1S/C29H30F2N6S/c1-6-23(32)22(27(31)18(5)19-12-20(15-33-14-19)35-17(4)11-16(2)3)13-26-36-28-21(9-10-34-29(28)37-26)24-7-8-25(30)38-24/h6-10,12,14-16,35H,4-5,11,13,32H2,1-3H3,(H,34,36,37)/b23-6+,27-22+. The summed E-state index contributed by atoms with van der Waals surface area (Å²) in [6.07, 6.45) is 7.34. The quantitative estimate of drug-likeness (QED) is 0.184. The van der Waals surface area contributed by atoms with E-state index in [1.54, 1.807) is 49.8 Å².